The third-order valence-electron chi connectivity index (χ3n) is 5.83. The molecule has 1 N–H and O–H groups in total. The summed E-state index contributed by atoms with van der Waals surface area (Å²) in [6, 6.07) is 24.7. The molecule has 1 amide bonds. The normalized spacial score (nSPS) is 11.2. The molecule has 0 saturated heterocycles. The summed E-state index contributed by atoms with van der Waals surface area (Å²) in [7, 11) is 1.36. The third kappa shape index (κ3) is 5.15. The molecular weight excluding hydrogens is 438 g/mol. The van der Waals surface area contributed by atoms with Gasteiger partial charge in [-0.1, -0.05) is 55.5 Å². The molecule has 0 unspecified atom stereocenters. The van der Waals surface area contributed by atoms with Gasteiger partial charge in [0.05, 0.1) is 12.7 Å². The van der Waals surface area contributed by atoms with Crippen LogP contribution in [0, 0.1) is 11.3 Å². The molecule has 4 aromatic rings. The average molecular weight is 464 g/mol. The minimum absolute atomic E-state index is 0.0199. The summed E-state index contributed by atoms with van der Waals surface area (Å²) in [4.78, 5) is 24.8. The fourth-order valence-electron chi connectivity index (χ4n) is 4.08. The van der Waals surface area contributed by atoms with E-state index >= 15 is 0 Å². The maximum Gasteiger partial charge on any atom is 0.337 e. The standard InChI is InChI=1S/C29H25N3O3/c1-3-21-10-4-6-13-26(21)31-28(33)23(17-30)16-24-19-32(27-14-7-5-12-25(24)27)18-20-9-8-11-22(15-20)29(34)35-2/h4-16,19H,3,18H2,1-2H3,(H,31,33)/b23-16+. The van der Waals surface area contributed by atoms with Crippen LogP contribution in [-0.2, 0) is 22.5 Å². The van der Waals surface area contributed by atoms with Crippen LogP contribution in [0.15, 0.2) is 84.6 Å². The van der Waals surface area contributed by atoms with Crippen molar-refractivity contribution in [2.75, 3.05) is 12.4 Å². The van der Waals surface area contributed by atoms with Gasteiger partial charge in [0.2, 0.25) is 0 Å². The van der Waals surface area contributed by atoms with Gasteiger partial charge >= 0.3 is 5.97 Å². The molecule has 0 saturated carbocycles. The largest absolute Gasteiger partial charge is 0.465 e. The first-order valence-electron chi connectivity index (χ1n) is 11.3. The van der Waals surface area contributed by atoms with Crippen LogP contribution in [0.3, 0.4) is 0 Å². The highest BCUT2D eigenvalue weighted by molar-refractivity contribution is 6.11. The van der Waals surface area contributed by atoms with E-state index in [0.29, 0.717) is 17.8 Å². The lowest BCUT2D eigenvalue weighted by Gasteiger charge is -2.09. The van der Waals surface area contributed by atoms with E-state index in [0.717, 1.165) is 34.0 Å². The molecular formula is C29H25N3O3. The highest BCUT2D eigenvalue weighted by atomic mass is 16.5. The number of fused-ring (bicyclic) bond motifs is 1. The lowest BCUT2D eigenvalue weighted by atomic mass is 10.1. The zero-order valence-electron chi connectivity index (χ0n) is 19.6. The summed E-state index contributed by atoms with van der Waals surface area (Å²) in [5.74, 6) is -0.835. The van der Waals surface area contributed by atoms with Crippen LogP contribution in [0.1, 0.15) is 34.0 Å². The minimum Gasteiger partial charge on any atom is -0.465 e. The van der Waals surface area contributed by atoms with Crippen LogP contribution in [0.2, 0.25) is 0 Å². The van der Waals surface area contributed by atoms with Crippen molar-refractivity contribution in [3.05, 3.63) is 107 Å². The van der Waals surface area contributed by atoms with Crippen molar-refractivity contribution in [1.29, 1.82) is 5.26 Å². The van der Waals surface area contributed by atoms with Crippen LogP contribution in [0.5, 0.6) is 0 Å². The Morgan fingerprint density at radius 2 is 1.83 bits per heavy atom. The number of methoxy groups -OCH3 is 1. The van der Waals surface area contributed by atoms with E-state index < -0.39 is 5.91 Å². The Kier molecular flexibility index (Phi) is 7.08. The zero-order valence-corrected chi connectivity index (χ0v) is 19.6. The topological polar surface area (TPSA) is 84.1 Å². The predicted octanol–water partition coefficient (Wildman–Crippen LogP) is 5.58. The number of hydrogen-bond donors (Lipinski definition) is 1. The number of ether oxygens (including phenoxy) is 1. The monoisotopic (exact) mass is 463 g/mol. The molecule has 6 heteroatoms. The number of hydrogen-bond acceptors (Lipinski definition) is 4. The molecule has 174 valence electrons. The van der Waals surface area contributed by atoms with E-state index in [-0.39, 0.29) is 11.5 Å². The van der Waals surface area contributed by atoms with Crippen molar-refractivity contribution in [2.45, 2.75) is 19.9 Å². The number of carbonyl (C=O) groups is 2. The second-order valence-corrected chi connectivity index (χ2v) is 8.06. The van der Waals surface area contributed by atoms with Crippen molar-refractivity contribution in [3.8, 4) is 6.07 Å². The van der Waals surface area contributed by atoms with Crippen molar-refractivity contribution in [3.63, 3.8) is 0 Å². The number of benzene rings is 3. The van der Waals surface area contributed by atoms with Crippen molar-refractivity contribution in [2.24, 2.45) is 0 Å². The second-order valence-electron chi connectivity index (χ2n) is 8.06. The molecule has 1 aromatic heterocycles. The van der Waals surface area contributed by atoms with Gasteiger partial charge in [-0.3, -0.25) is 4.79 Å². The molecule has 4 rings (SSSR count). The maximum atomic E-state index is 12.9. The number of anilines is 1. The van der Waals surface area contributed by atoms with Crippen LogP contribution < -0.4 is 5.32 Å². The van der Waals surface area contributed by atoms with Crippen molar-refractivity contribution in [1.82, 2.24) is 4.57 Å². The van der Waals surface area contributed by atoms with E-state index in [1.54, 1.807) is 18.2 Å². The van der Waals surface area contributed by atoms with Gasteiger partial charge in [0.1, 0.15) is 11.6 Å². The summed E-state index contributed by atoms with van der Waals surface area (Å²) >= 11 is 0. The molecule has 0 bridgehead atoms. The van der Waals surface area contributed by atoms with Gasteiger partial charge in [-0.2, -0.15) is 5.26 Å². The van der Waals surface area contributed by atoms with E-state index in [2.05, 4.69) is 5.32 Å². The molecule has 3 aromatic carbocycles. The Labute approximate surface area is 204 Å². The molecule has 0 aliphatic heterocycles. The maximum absolute atomic E-state index is 12.9. The van der Waals surface area contributed by atoms with Crippen molar-refractivity contribution < 1.29 is 14.3 Å². The van der Waals surface area contributed by atoms with Gasteiger partial charge in [-0.05, 0) is 47.9 Å². The fraction of sp³-hybridized carbons (Fsp3) is 0.138. The van der Waals surface area contributed by atoms with Gasteiger partial charge in [-0.15, -0.1) is 0 Å². The summed E-state index contributed by atoms with van der Waals surface area (Å²) in [6.45, 7) is 2.53. The Bertz CT molecular complexity index is 1470. The number of esters is 1. The van der Waals surface area contributed by atoms with Gasteiger partial charge in [0, 0.05) is 34.9 Å². The summed E-state index contributed by atoms with van der Waals surface area (Å²) in [6.07, 6.45) is 4.31. The number of carbonyl (C=O) groups excluding carboxylic acids is 2. The number of nitrogens with one attached hydrogen (secondary N) is 1. The molecule has 0 spiro atoms. The minimum atomic E-state index is -0.448. The fourth-order valence-corrected chi connectivity index (χ4v) is 4.08. The van der Waals surface area contributed by atoms with E-state index in [1.807, 2.05) is 84.4 Å². The molecule has 1 heterocycles. The number of nitrogens with zero attached hydrogens (tertiary/aromatic N) is 2. The quantitative estimate of drug-likeness (QED) is 0.220. The van der Waals surface area contributed by atoms with Gasteiger partial charge in [-0.25, -0.2) is 4.79 Å². The summed E-state index contributed by atoms with van der Waals surface area (Å²) in [5, 5.41) is 13.5. The number of aromatic nitrogens is 1. The summed E-state index contributed by atoms with van der Waals surface area (Å²) < 4.78 is 6.87. The molecule has 0 aliphatic carbocycles. The molecule has 0 radical (unpaired) electrons. The highest BCUT2D eigenvalue weighted by Crippen LogP contribution is 2.25. The third-order valence-corrected chi connectivity index (χ3v) is 5.83. The first-order chi connectivity index (χ1) is 17.0. The van der Waals surface area contributed by atoms with Gasteiger partial charge in [0.25, 0.3) is 5.91 Å². The van der Waals surface area contributed by atoms with Crippen LogP contribution in [-0.4, -0.2) is 23.6 Å². The number of para-hydroxylation sites is 2. The zero-order chi connectivity index (χ0) is 24.8. The predicted molar refractivity (Wildman–Crippen MR) is 137 cm³/mol. The highest BCUT2D eigenvalue weighted by Gasteiger charge is 2.14. The Hall–Kier alpha value is -4.63. The molecule has 0 atom stereocenters. The Morgan fingerprint density at radius 3 is 2.60 bits per heavy atom. The number of nitriles is 1. The summed E-state index contributed by atoms with van der Waals surface area (Å²) in [5.41, 5.74) is 4.86. The van der Waals surface area contributed by atoms with E-state index in [4.69, 9.17) is 4.74 Å². The SMILES string of the molecule is CCc1ccccc1NC(=O)/C(C#N)=C/c1cn(Cc2cccc(C(=O)OC)c2)c2ccccc12. The van der Waals surface area contributed by atoms with E-state index in [1.165, 1.54) is 7.11 Å². The average Bonchev–Trinajstić information content (AvgIpc) is 3.24. The smallest absolute Gasteiger partial charge is 0.337 e. The molecule has 6 nitrogen and oxygen atoms in total. The lowest BCUT2D eigenvalue weighted by Crippen LogP contribution is -2.14. The lowest BCUT2D eigenvalue weighted by molar-refractivity contribution is -0.112. The van der Waals surface area contributed by atoms with Gasteiger partial charge < -0.3 is 14.6 Å². The number of aryl methyl sites for hydroxylation is 1. The van der Waals surface area contributed by atoms with Gasteiger partial charge in [0.15, 0.2) is 0 Å². The van der Waals surface area contributed by atoms with E-state index in [9.17, 15) is 14.9 Å². The Morgan fingerprint density at radius 1 is 1.06 bits per heavy atom. The molecule has 0 fully saturated rings. The first-order valence-corrected chi connectivity index (χ1v) is 11.3. The first kappa shape index (κ1) is 23.5. The van der Waals surface area contributed by atoms with Crippen molar-refractivity contribution >= 4 is 34.5 Å². The van der Waals surface area contributed by atoms with Crippen LogP contribution in [0.25, 0.3) is 17.0 Å². The number of amides is 1. The van der Waals surface area contributed by atoms with Crippen LogP contribution in [0.4, 0.5) is 5.69 Å². The Balaban J connectivity index is 1.67. The molecule has 0 aliphatic rings. The number of rotatable bonds is 7. The molecule has 35 heavy (non-hydrogen) atoms. The second kappa shape index (κ2) is 10.5. The van der Waals surface area contributed by atoms with Crippen LogP contribution >= 0.6 is 0 Å².